The number of methoxy groups -OCH3 is 2. The predicted octanol–water partition coefficient (Wildman–Crippen LogP) is 1.43. The Morgan fingerprint density at radius 3 is 1.96 bits per heavy atom. The lowest BCUT2D eigenvalue weighted by atomic mass is 9.81. The highest BCUT2D eigenvalue weighted by molar-refractivity contribution is 6.03. The number of allylic oxidation sites excluding steroid dienone is 6. The molecular formula is C35H47ClN2O8. The van der Waals surface area contributed by atoms with Gasteiger partial charge in [-0.25, -0.2) is 18.6 Å². The molecule has 0 N–H and O–H groups in total. The predicted molar refractivity (Wildman–Crippen MR) is 168 cm³/mol. The number of benzene rings is 2. The minimum absolute atomic E-state index is 0.0966. The van der Waals surface area contributed by atoms with E-state index in [0.29, 0.717) is 39.6 Å². The first-order valence-electron chi connectivity index (χ1n) is 15.3. The summed E-state index contributed by atoms with van der Waals surface area (Å²) in [6.07, 6.45) is 11.0. The normalized spacial score (nSPS) is 17.6. The van der Waals surface area contributed by atoms with Crippen LogP contribution in [0.25, 0.3) is 0 Å². The first-order valence-corrected chi connectivity index (χ1v) is 16.5. The molecule has 2 aromatic rings. The Morgan fingerprint density at radius 1 is 0.717 bits per heavy atom. The standard InChI is InChI=1S/C35H47N2O4.ClHO4/c1-34(2)28-14-10-12-16-30(28)36(20-22-40-26-24-38-5)32(34)18-8-7-9-19-33-35(3,4)29-15-11-13-17-31(29)37(33)21-23-41-27-25-39-6;2-1(3,4)5/h7-19H,20-27H2,1-6H3;(H,2,3,4,5)/q+1;/p-1. The molecule has 46 heavy (non-hydrogen) atoms. The van der Waals surface area contributed by atoms with Crippen molar-refractivity contribution < 1.29 is 52.4 Å². The number of anilines is 1. The summed E-state index contributed by atoms with van der Waals surface area (Å²) in [7, 11) is -1.54. The van der Waals surface area contributed by atoms with Gasteiger partial charge in [0.1, 0.15) is 6.61 Å². The summed E-state index contributed by atoms with van der Waals surface area (Å²) in [6.45, 7) is 14.5. The van der Waals surface area contributed by atoms with E-state index in [-0.39, 0.29) is 10.8 Å². The molecule has 2 aliphatic heterocycles. The van der Waals surface area contributed by atoms with Gasteiger partial charge in [-0.2, -0.15) is 4.58 Å². The van der Waals surface area contributed by atoms with Gasteiger partial charge in [0.15, 0.2) is 12.3 Å². The fourth-order valence-corrected chi connectivity index (χ4v) is 5.92. The van der Waals surface area contributed by atoms with Gasteiger partial charge in [-0.3, -0.25) is 0 Å². The van der Waals surface area contributed by atoms with Gasteiger partial charge in [-0.05, 0) is 31.6 Å². The number of halogens is 1. The van der Waals surface area contributed by atoms with Crippen molar-refractivity contribution in [3.05, 3.63) is 95.7 Å². The van der Waals surface area contributed by atoms with Crippen molar-refractivity contribution in [1.29, 1.82) is 0 Å². The number of ether oxygens (including phenoxy) is 4. The van der Waals surface area contributed by atoms with Crippen molar-refractivity contribution in [2.24, 2.45) is 0 Å². The fraction of sp³-hybridized carbons (Fsp3) is 0.457. The molecular weight excluding hydrogens is 612 g/mol. The second kappa shape index (κ2) is 17.3. The van der Waals surface area contributed by atoms with Crippen LogP contribution in [0.15, 0.2) is 84.6 Å². The highest BCUT2D eigenvalue weighted by atomic mass is 35.7. The third-order valence-corrected chi connectivity index (χ3v) is 8.11. The van der Waals surface area contributed by atoms with E-state index in [1.54, 1.807) is 14.2 Å². The minimum Gasteiger partial charge on any atom is -0.382 e. The van der Waals surface area contributed by atoms with E-state index in [9.17, 15) is 0 Å². The number of hydrogen-bond donors (Lipinski definition) is 0. The maximum Gasteiger partial charge on any atom is 0.209 e. The molecule has 0 atom stereocenters. The zero-order chi connectivity index (χ0) is 33.8. The van der Waals surface area contributed by atoms with Crippen LogP contribution in [0.4, 0.5) is 11.4 Å². The van der Waals surface area contributed by atoms with Crippen LogP contribution in [0.5, 0.6) is 0 Å². The molecule has 0 spiro atoms. The summed E-state index contributed by atoms with van der Waals surface area (Å²) >= 11 is 0. The van der Waals surface area contributed by atoms with E-state index in [2.05, 4.69) is 116 Å². The second-order valence-corrected chi connectivity index (χ2v) is 12.6. The molecule has 252 valence electrons. The Kier molecular flexibility index (Phi) is 14.1. The van der Waals surface area contributed by atoms with Crippen LogP contribution in [0.2, 0.25) is 0 Å². The Morgan fingerprint density at radius 2 is 1.30 bits per heavy atom. The summed E-state index contributed by atoms with van der Waals surface area (Å²) < 4.78 is 58.3. The van der Waals surface area contributed by atoms with E-state index < -0.39 is 10.2 Å². The average Bonchev–Trinajstić information content (AvgIpc) is 3.35. The molecule has 2 aromatic carbocycles. The molecule has 10 nitrogen and oxygen atoms in total. The lowest BCUT2D eigenvalue weighted by Gasteiger charge is -2.27. The van der Waals surface area contributed by atoms with Crippen molar-refractivity contribution in [2.45, 2.75) is 38.5 Å². The molecule has 0 radical (unpaired) electrons. The third kappa shape index (κ3) is 10.0. The van der Waals surface area contributed by atoms with Gasteiger partial charge in [0.25, 0.3) is 0 Å². The van der Waals surface area contributed by atoms with Crippen LogP contribution in [0.1, 0.15) is 38.8 Å². The van der Waals surface area contributed by atoms with E-state index in [1.807, 2.05) is 0 Å². The topological polar surface area (TPSA) is 135 Å². The number of nitrogens with zero attached hydrogens (tertiary/aromatic N) is 2. The number of para-hydroxylation sites is 2. The average molecular weight is 659 g/mol. The van der Waals surface area contributed by atoms with Crippen molar-refractivity contribution in [3.63, 3.8) is 0 Å². The van der Waals surface area contributed by atoms with Crippen LogP contribution >= 0.6 is 0 Å². The van der Waals surface area contributed by atoms with Gasteiger partial charge in [-0.15, -0.1) is 10.2 Å². The van der Waals surface area contributed by atoms with Gasteiger partial charge in [-0.1, -0.05) is 68.5 Å². The molecule has 0 unspecified atom stereocenters. The van der Waals surface area contributed by atoms with Crippen molar-refractivity contribution in [2.75, 3.05) is 71.9 Å². The van der Waals surface area contributed by atoms with E-state index in [1.165, 1.54) is 33.9 Å². The van der Waals surface area contributed by atoms with Crippen molar-refractivity contribution >= 4 is 17.1 Å². The van der Waals surface area contributed by atoms with Gasteiger partial charge in [0.2, 0.25) is 5.69 Å². The number of rotatable bonds is 15. The van der Waals surface area contributed by atoms with Crippen LogP contribution in [0, 0.1) is 10.2 Å². The smallest absolute Gasteiger partial charge is 0.209 e. The first-order chi connectivity index (χ1) is 21.8. The molecule has 2 heterocycles. The molecule has 0 saturated heterocycles. The van der Waals surface area contributed by atoms with Gasteiger partial charge < -0.3 is 23.8 Å². The lowest BCUT2D eigenvalue weighted by molar-refractivity contribution is -2.00. The molecule has 0 fully saturated rings. The molecule has 0 aliphatic carbocycles. The molecule has 0 aromatic heterocycles. The SMILES string of the molecule is COCCOCCN1C(=CC=CC=CC2=[N+](CCOCCOC)c3ccccc3C2(C)C)C(C)(C)c2ccccc21.[O-][Cl+3]([O-])([O-])[O-]. The molecule has 2 aliphatic rings. The zero-order valence-corrected chi connectivity index (χ0v) is 28.5. The summed E-state index contributed by atoms with van der Waals surface area (Å²) in [5.41, 5.74) is 7.55. The van der Waals surface area contributed by atoms with Crippen LogP contribution in [-0.4, -0.2) is 77.2 Å². The summed E-state index contributed by atoms with van der Waals surface area (Å²) in [5, 5.41) is 0. The maximum atomic E-state index is 8.49. The number of fused-ring (bicyclic) bond motifs is 2. The Balaban J connectivity index is 0.00000107. The van der Waals surface area contributed by atoms with Crippen LogP contribution in [0.3, 0.4) is 0 Å². The Bertz CT molecular complexity index is 1390. The molecule has 0 amide bonds. The van der Waals surface area contributed by atoms with E-state index in [4.69, 9.17) is 37.6 Å². The number of hydrogen-bond acceptors (Lipinski definition) is 9. The summed E-state index contributed by atoms with van der Waals surface area (Å²) in [6, 6.07) is 17.4. The van der Waals surface area contributed by atoms with Crippen LogP contribution < -0.4 is 23.5 Å². The highest BCUT2D eigenvalue weighted by Gasteiger charge is 2.44. The highest BCUT2D eigenvalue weighted by Crippen LogP contribution is 2.47. The largest absolute Gasteiger partial charge is 0.382 e. The molecule has 4 rings (SSSR count). The van der Waals surface area contributed by atoms with Gasteiger partial charge in [0.05, 0.1) is 38.4 Å². The summed E-state index contributed by atoms with van der Waals surface area (Å²) in [4.78, 5) is 2.40. The molecule has 0 bridgehead atoms. The van der Waals surface area contributed by atoms with Gasteiger partial charge in [0, 0.05) is 55.3 Å². The first kappa shape index (κ1) is 37.6. The Labute approximate surface area is 275 Å². The monoisotopic (exact) mass is 658 g/mol. The third-order valence-electron chi connectivity index (χ3n) is 8.11. The van der Waals surface area contributed by atoms with Crippen molar-refractivity contribution in [1.82, 2.24) is 0 Å². The van der Waals surface area contributed by atoms with Gasteiger partial charge >= 0.3 is 0 Å². The summed E-state index contributed by atoms with van der Waals surface area (Å²) in [5.74, 6) is 0. The fourth-order valence-electron chi connectivity index (χ4n) is 5.92. The van der Waals surface area contributed by atoms with E-state index >= 15 is 0 Å². The Hall–Kier alpha value is -2.90. The lowest BCUT2D eigenvalue weighted by Crippen LogP contribution is -2.68. The quantitative estimate of drug-likeness (QED) is 0.158. The van der Waals surface area contributed by atoms with Crippen molar-refractivity contribution in [3.8, 4) is 0 Å². The van der Waals surface area contributed by atoms with E-state index in [0.717, 1.165) is 13.1 Å². The molecule has 0 saturated carbocycles. The minimum atomic E-state index is -4.94. The van der Waals surface area contributed by atoms with Crippen LogP contribution in [-0.2, 0) is 29.8 Å². The maximum absolute atomic E-state index is 8.49. The molecule has 11 heteroatoms. The second-order valence-electron chi connectivity index (χ2n) is 11.9. The zero-order valence-electron chi connectivity index (χ0n) is 27.7.